The molecule has 122 valence electrons. The second-order valence-electron chi connectivity index (χ2n) is 5.77. The lowest BCUT2D eigenvalue weighted by atomic mass is 9.95. The molecule has 1 aromatic rings. The Bertz CT molecular complexity index is 655. The summed E-state index contributed by atoms with van der Waals surface area (Å²) >= 11 is 6.12. The third kappa shape index (κ3) is 3.29. The molecule has 0 atom stereocenters. The first-order valence-electron chi connectivity index (χ1n) is 7.17. The molecule has 1 saturated heterocycles. The number of hydrogen-bond donors (Lipinski definition) is 1. The maximum atomic E-state index is 12.9. The zero-order valence-corrected chi connectivity index (χ0v) is 14.4. The second kappa shape index (κ2) is 6.56. The van der Waals surface area contributed by atoms with Crippen molar-refractivity contribution >= 4 is 27.3 Å². The molecule has 5 nitrogen and oxygen atoms in total. The van der Waals surface area contributed by atoms with Crippen molar-refractivity contribution in [3.63, 3.8) is 0 Å². The Morgan fingerprint density at radius 3 is 2.45 bits per heavy atom. The van der Waals surface area contributed by atoms with Gasteiger partial charge in [0.05, 0.1) is 0 Å². The highest BCUT2D eigenvalue weighted by Crippen LogP contribution is 2.30. The Labute approximate surface area is 136 Å². The van der Waals surface area contributed by atoms with Gasteiger partial charge in [-0.2, -0.15) is 0 Å². The van der Waals surface area contributed by atoms with E-state index in [1.807, 2.05) is 18.2 Å². The molecule has 0 bridgehead atoms. The van der Waals surface area contributed by atoms with Crippen molar-refractivity contribution in [3.8, 4) is 0 Å². The van der Waals surface area contributed by atoms with E-state index in [0.717, 1.165) is 11.8 Å². The van der Waals surface area contributed by atoms with Gasteiger partial charge >= 0.3 is 0 Å². The van der Waals surface area contributed by atoms with Crippen LogP contribution < -0.4 is 5.32 Å². The summed E-state index contributed by atoms with van der Waals surface area (Å²) in [6, 6.07) is 7.25. The van der Waals surface area contributed by atoms with Gasteiger partial charge < -0.3 is 10.2 Å². The lowest BCUT2D eigenvalue weighted by molar-refractivity contribution is -0.134. The van der Waals surface area contributed by atoms with Crippen molar-refractivity contribution in [2.75, 3.05) is 26.4 Å². The van der Waals surface area contributed by atoms with Crippen molar-refractivity contribution in [2.45, 2.75) is 24.1 Å². The fraction of sp³-hybridized carbons (Fsp3) is 0.533. The number of piperidine rings is 1. The van der Waals surface area contributed by atoms with E-state index >= 15 is 0 Å². The SMILES string of the molecule is CN(Cc1ccccc1Cl)C(=O)C1(S(C)(=O)=O)CCNCC1. The smallest absolute Gasteiger partial charge is 0.244 e. The highest BCUT2D eigenvalue weighted by Gasteiger charge is 2.49. The van der Waals surface area contributed by atoms with Gasteiger partial charge in [-0.3, -0.25) is 4.79 Å². The number of nitrogens with zero attached hydrogens (tertiary/aromatic N) is 1. The molecule has 0 unspecified atom stereocenters. The quantitative estimate of drug-likeness (QED) is 0.898. The lowest BCUT2D eigenvalue weighted by Crippen LogP contribution is -2.57. The molecule has 1 N–H and O–H groups in total. The number of amides is 1. The minimum Gasteiger partial charge on any atom is -0.340 e. The average Bonchev–Trinajstić information content (AvgIpc) is 2.48. The van der Waals surface area contributed by atoms with Crippen molar-refractivity contribution < 1.29 is 13.2 Å². The second-order valence-corrected chi connectivity index (χ2v) is 8.50. The van der Waals surface area contributed by atoms with Crippen LogP contribution in [0, 0.1) is 0 Å². The van der Waals surface area contributed by atoms with Gasteiger partial charge in [0.15, 0.2) is 14.6 Å². The molecule has 0 radical (unpaired) electrons. The summed E-state index contributed by atoms with van der Waals surface area (Å²) in [6.45, 7) is 1.35. The fourth-order valence-electron chi connectivity index (χ4n) is 2.88. The van der Waals surface area contributed by atoms with Gasteiger partial charge in [0.2, 0.25) is 5.91 Å². The van der Waals surface area contributed by atoms with Crippen LogP contribution in [0.15, 0.2) is 24.3 Å². The van der Waals surface area contributed by atoms with E-state index < -0.39 is 14.6 Å². The predicted octanol–water partition coefficient (Wildman–Crippen LogP) is 1.47. The molecule has 0 saturated carbocycles. The van der Waals surface area contributed by atoms with Crippen LogP contribution in [0.2, 0.25) is 5.02 Å². The van der Waals surface area contributed by atoms with Crippen LogP contribution in [-0.4, -0.2) is 50.4 Å². The number of carbonyl (C=O) groups excluding carboxylic acids is 1. The van der Waals surface area contributed by atoms with Crippen molar-refractivity contribution in [1.29, 1.82) is 0 Å². The van der Waals surface area contributed by atoms with E-state index in [4.69, 9.17) is 11.6 Å². The molecule has 1 aromatic carbocycles. The van der Waals surface area contributed by atoms with Gasteiger partial charge in [-0.25, -0.2) is 8.42 Å². The molecule has 22 heavy (non-hydrogen) atoms. The van der Waals surface area contributed by atoms with E-state index in [-0.39, 0.29) is 5.91 Å². The minimum atomic E-state index is -3.50. The molecule has 1 aliphatic rings. The van der Waals surface area contributed by atoms with Gasteiger partial charge in [0.25, 0.3) is 0 Å². The normalized spacial score (nSPS) is 18.0. The van der Waals surface area contributed by atoms with Crippen LogP contribution in [0.5, 0.6) is 0 Å². The van der Waals surface area contributed by atoms with Gasteiger partial charge in [-0.15, -0.1) is 0 Å². The summed E-state index contributed by atoms with van der Waals surface area (Å²) < 4.78 is 23.2. The molecule has 1 aliphatic heterocycles. The highest BCUT2D eigenvalue weighted by molar-refractivity contribution is 7.92. The summed E-state index contributed by atoms with van der Waals surface area (Å²) in [6.07, 6.45) is 1.76. The molecule has 1 heterocycles. The Balaban J connectivity index is 2.26. The number of halogens is 1. The first-order valence-corrected chi connectivity index (χ1v) is 9.44. The predicted molar refractivity (Wildman–Crippen MR) is 87.6 cm³/mol. The van der Waals surface area contributed by atoms with Gasteiger partial charge in [-0.05, 0) is 37.6 Å². The third-order valence-corrected chi connectivity index (χ3v) is 6.59. The van der Waals surface area contributed by atoms with Crippen LogP contribution in [0.3, 0.4) is 0 Å². The third-order valence-electron chi connectivity index (χ3n) is 4.22. The number of carbonyl (C=O) groups is 1. The maximum absolute atomic E-state index is 12.9. The van der Waals surface area contributed by atoms with Crippen LogP contribution in [-0.2, 0) is 21.2 Å². The molecular formula is C15H21ClN2O3S. The summed E-state index contributed by atoms with van der Waals surface area (Å²) in [5.41, 5.74) is 0.803. The maximum Gasteiger partial charge on any atom is 0.244 e. The molecular weight excluding hydrogens is 324 g/mol. The van der Waals surface area contributed by atoms with Gasteiger partial charge in [0.1, 0.15) is 0 Å². The highest BCUT2D eigenvalue weighted by atomic mass is 35.5. The average molecular weight is 345 g/mol. The molecule has 0 aliphatic carbocycles. The van der Waals surface area contributed by atoms with E-state index in [1.165, 1.54) is 4.90 Å². The number of benzene rings is 1. The molecule has 2 rings (SSSR count). The van der Waals surface area contributed by atoms with Crippen molar-refractivity contribution in [1.82, 2.24) is 10.2 Å². The first kappa shape index (κ1) is 17.2. The fourth-order valence-corrected chi connectivity index (χ4v) is 4.49. The number of nitrogens with one attached hydrogen (secondary N) is 1. The Morgan fingerprint density at radius 1 is 1.32 bits per heavy atom. The van der Waals surface area contributed by atoms with Crippen molar-refractivity contribution in [3.05, 3.63) is 34.9 Å². The standard InChI is InChI=1S/C15H21ClN2O3S/c1-18(11-12-5-3-4-6-13(12)16)14(19)15(22(2,20)21)7-9-17-10-8-15/h3-6,17H,7-11H2,1-2H3. The molecule has 0 aromatic heterocycles. The van der Waals surface area contributed by atoms with Gasteiger partial charge in [0, 0.05) is 24.9 Å². The number of rotatable bonds is 4. The first-order chi connectivity index (χ1) is 10.3. The largest absolute Gasteiger partial charge is 0.340 e. The Morgan fingerprint density at radius 2 is 1.91 bits per heavy atom. The van der Waals surface area contributed by atoms with E-state index in [0.29, 0.717) is 37.5 Å². The summed E-state index contributed by atoms with van der Waals surface area (Å²) in [7, 11) is -1.87. The summed E-state index contributed by atoms with van der Waals surface area (Å²) in [4.78, 5) is 14.3. The van der Waals surface area contributed by atoms with Crippen LogP contribution in [0.4, 0.5) is 0 Å². The van der Waals surface area contributed by atoms with Crippen molar-refractivity contribution in [2.24, 2.45) is 0 Å². The minimum absolute atomic E-state index is 0.295. The van der Waals surface area contributed by atoms with Crippen LogP contribution in [0.1, 0.15) is 18.4 Å². The summed E-state index contributed by atoms with van der Waals surface area (Å²) in [5.74, 6) is -0.351. The zero-order valence-electron chi connectivity index (χ0n) is 12.8. The number of sulfone groups is 1. The van der Waals surface area contributed by atoms with Gasteiger partial charge in [-0.1, -0.05) is 29.8 Å². The van der Waals surface area contributed by atoms with E-state index in [1.54, 1.807) is 13.1 Å². The molecule has 1 amide bonds. The molecule has 7 heteroatoms. The zero-order chi connectivity index (χ0) is 16.4. The van der Waals surface area contributed by atoms with E-state index in [9.17, 15) is 13.2 Å². The van der Waals surface area contributed by atoms with E-state index in [2.05, 4.69) is 5.32 Å². The van der Waals surface area contributed by atoms with Crippen LogP contribution >= 0.6 is 11.6 Å². The lowest BCUT2D eigenvalue weighted by Gasteiger charge is -2.37. The topological polar surface area (TPSA) is 66.5 Å². The number of hydrogen-bond acceptors (Lipinski definition) is 4. The van der Waals surface area contributed by atoms with Crippen LogP contribution in [0.25, 0.3) is 0 Å². The summed E-state index contributed by atoms with van der Waals surface area (Å²) in [5, 5.41) is 3.68. The monoisotopic (exact) mass is 344 g/mol. The molecule has 1 fully saturated rings. The Hall–Kier alpha value is -1.11. The molecule has 0 spiro atoms. The Kier molecular flexibility index (Phi) is 5.14.